The summed E-state index contributed by atoms with van der Waals surface area (Å²) in [5.41, 5.74) is 1.13. The van der Waals surface area contributed by atoms with Crippen molar-refractivity contribution in [3.63, 3.8) is 0 Å². The van der Waals surface area contributed by atoms with Gasteiger partial charge >= 0.3 is 0 Å². The zero-order valence-electron chi connectivity index (χ0n) is 11.5. The minimum atomic E-state index is 0.234. The molecule has 0 amide bonds. The van der Waals surface area contributed by atoms with Crippen molar-refractivity contribution in [1.82, 2.24) is 19.7 Å². The van der Waals surface area contributed by atoms with Gasteiger partial charge in [0.15, 0.2) is 5.65 Å². The summed E-state index contributed by atoms with van der Waals surface area (Å²) >= 11 is 3.79. The van der Waals surface area contributed by atoms with Crippen LogP contribution in [-0.4, -0.2) is 37.7 Å². The van der Waals surface area contributed by atoms with Gasteiger partial charge in [-0.05, 0) is 11.8 Å². The first-order chi connectivity index (χ1) is 8.99. The molecular weight excluding hydrogens is 306 g/mol. The third-order valence-electron chi connectivity index (χ3n) is 3.91. The van der Waals surface area contributed by atoms with Crippen LogP contribution >= 0.6 is 15.9 Å². The van der Waals surface area contributed by atoms with Gasteiger partial charge in [0, 0.05) is 25.0 Å². The van der Waals surface area contributed by atoms with Crippen molar-refractivity contribution in [3.05, 3.63) is 12.5 Å². The number of fused-ring (bicyclic) bond motifs is 1. The molecule has 0 spiro atoms. The molecule has 1 saturated heterocycles. The van der Waals surface area contributed by atoms with Crippen molar-refractivity contribution in [1.29, 1.82) is 0 Å². The molecule has 1 unspecified atom stereocenters. The Labute approximate surface area is 121 Å². The van der Waals surface area contributed by atoms with Crippen LogP contribution in [0, 0.1) is 5.41 Å². The average molecular weight is 324 g/mol. The lowest BCUT2D eigenvalue weighted by Gasteiger charge is -2.42. The van der Waals surface area contributed by atoms with Gasteiger partial charge in [-0.15, -0.1) is 0 Å². The maximum atomic E-state index is 4.48. The van der Waals surface area contributed by atoms with Gasteiger partial charge in [-0.3, -0.25) is 4.68 Å². The summed E-state index contributed by atoms with van der Waals surface area (Å²) in [5, 5.41) is 5.32. The molecule has 1 atom stereocenters. The van der Waals surface area contributed by atoms with E-state index < -0.39 is 0 Å². The van der Waals surface area contributed by atoms with E-state index in [0.717, 1.165) is 36.4 Å². The minimum absolute atomic E-state index is 0.234. The molecule has 6 heteroatoms. The summed E-state index contributed by atoms with van der Waals surface area (Å²) in [5.74, 6) is 1.01. The molecule has 3 rings (SSSR count). The summed E-state index contributed by atoms with van der Waals surface area (Å²) < 4.78 is 1.79. The fourth-order valence-corrected chi connectivity index (χ4v) is 3.06. The molecule has 5 nitrogen and oxygen atoms in total. The predicted octanol–water partition coefficient (Wildman–Crippen LogP) is 2.36. The third-order valence-corrected chi connectivity index (χ3v) is 5.60. The Morgan fingerprint density at radius 1 is 1.37 bits per heavy atom. The highest BCUT2D eigenvalue weighted by Crippen LogP contribution is 2.37. The van der Waals surface area contributed by atoms with Gasteiger partial charge in [0.2, 0.25) is 0 Å². The Morgan fingerprint density at radius 3 is 2.89 bits per heavy atom. The van der Waals surface area contributed by atoms with Crippen LogP contribution in [0.4, 0.5) is 5.82 Å². The number of rotatable bonds is 1. The second kappa shape index (κ2) is 4.44. The highest BCUT2D eigenvalue weighted by atomic mass is 79.9. The number of nitrogens with zero attached hydrogens (tertiary/aromatic N) is 5. The Kier molecular flexibility index (Phi) is 3.00. The SMILES string of the molecule is Cn1ncc2c(N3CCC(Br)C(C)(C)C3)ncnc21. The first kappa shape index (κ1) is 12.8. The molecule has 2 aromatic rings. The monoisotopic (exact) mass is 323 g/mol. The lowest BCUT2D eigenvalue weighted by Crippen LogP contribution is -2.46. The molecule has 1 aliphatic rings. The maximum absolute atomic E-state index is 4.48. The van der Waals surface area contributed by atoms with Crippen molar-refractivity contribution < 1.29 is 0 Å². The average Bonchev–Trinajstić information content (AvgIpc) is 2.75. The smallest absolute Gasteiger partial charge is 0.163 e. The van der Waals surface area contributed by atoms with Crippen LogP contribution in [0.2, 0.25) is 0 Å². The van der Waals surface area contributed by atoms with Crippen LogP contribution in [0.5, 0.6) is 0 Å². The van der Waals surface area contributed by atoms with Crippen molar-refractivity contribution in [2.45, 2.75) is 25.1 Å². The van der Waals surface area contributed by atoms with Gasteiger partial charge in [0.05, 0.1) is 11.6 Å². The van der Waals surface area contributed by atoms with Crippen LogP contribution in [0.1, 0.15) is 20.3 Å². The van der Waals surface area contributed by atoms with E-state index >= 15 is 0 Å². The number of anilines is 1. The molecule has 0 N–H and O–H groups in total. The molecule has 19 heavy (non-hydrogen) atoms. The molecular formula is C13H18BrN5. The molecule has 0 radical (unpaired) electrons. The Morgan fingerprint density at radius 2 is 2.16 bits per heavy atom. The zero-order chi connectivity index (χ0) is 13.6. The number of aromatic nitrogens is 4. The third kappa shape index (κ3) is 2.12. The largest absolute Gasteiger partial charge is 0.355 e. The highest BCUT2D eigenvalue weighted by molar-refractivity contribution is 9.09. The standard InChI is InChI=1S/C13H18BrN5/c1-13(2)7-19(5-4-10(13)14)12-9-6-17-18(3)11(9)15-8-16-12/h6,8,10H,4-5,7H2,1-3H3. The topological polar surface area (TPSA) is 46.8 Å². The zero-order valence-corrected chi connectivity index (χ0v) is 13.1. The van der Waals surface area contributed by atoms with E-state index in [0.29, 0.717) is 4.83 Å². The molecule has 0 saturated carbocycles. The fraction of sp³-hybridized carbons (Fsp3) is 0.615. The fourth-order valence-electron chi connectivity index (χ4n) is 2.71. The van der Waals surface area contributed by atoms with Gasteiger partial charge in [0.25, 0.3) is 0 Å². The Balaban J connectivity index is 2.01. The number of alkyl halides is 1. The van der Waals surface area contributed by atoms with Crippen molar-refractivity contribution in [2.75, 3.05) is 18.0 Å². The van der Waals surface area contributed by atoms with E-state index in [9.17, 15) is 0 Å². The lowest BCUT2D eigenvalue weighted by atomic mass is 9.84. The Bertz CT molecular complexity index is 606. The van der Waals surface area contributed by atoms with Crippen molar-refractivity contribution >= 4 is 32.8 Å². The molecule has 102 valence electrons. The second-order valence-corrected chi connectivity index (χ2v) is 6.97. The van der Waals surface area contributed by atoms with Crippen LogP contribution in [0.15, 0.2) is 12.5 Å². The first-order valence-electron chi connectivity index (χ1n) is 6.51. The van der Waals surface area contributed by atoms with E-state index in [1.807, 2.05) is 13.2 Å². The highest BCUT2D eigenvalue weighted by Gasteiger charge is 2.35. The lowest BCUT2D eigenvalue weighted by molar-refractivity contribution is 0.309. The number of aryl methyl sites for hydroxylation is 1. The van der Waals surface area contributed by atoms with E-state index in [1.165, 1.54) is 0 Å². The maximum Gasteiger partial charge on any atom is 0.163 e. The van der Waals surface area contributed by atoms with Crippen molar-refractivity contribution in [2.24, 2.45) is 12.5 Å². The number of hydrogen-bond acceptors (Lipinski definition) is 4. The Hall–Kier alpha value is -1.17. The van der Waals surface area contributed by atoms with Gasteiger partial charge < -0.3 is 4.90 Å². The van der Waals surface area contributed by atoms with E-state index in [1.54, 1.807) is 11.0 Å². The predicted molar refractivity (Wildman–Crippen MR) is 79.6 cm³/mol. The molecule has 0 aromatic carbocycles. The summed E-state index contributed by atoms with van der Waals surface area (Å²) in [4.78, 5) is 11.7. The van der Waals surface area contributed by atoms with Crippen molar-refractivity contribution in [3.8, 4) is 0 Å². The molecule has 1 fully saturated rings. The van der Waals surface area contributed by atoms with E-state index in [-0.39, 0.29) is 5.41 Å². The summed E-state index contributed by atoms with van der Waals surface area (Å²) in [6, 6.07) is 0. The molecule has 1 aliphatic heterocycles. The second-order valence-electron chi connectivity index (χ2n) is 5.87. The first-order valence-corrected chi connectivity index (χ1v) is 7.42. The van der Waals surface area contributed by atoms with Crippen LogP contribution in [0.25, 0.3) is 11.0 Å². The molecule has 2 aromatic heterocycles. The van der Waals surface area contributed by atoms with Crippen LogP contribution in [-0.2, 0) is 7.05 Å². The summed E-state index contributed by atoms with van der Waals surface area (Å²) in [6.07, 6.45) is 4.61. The van der Waals surface area contributed by atoms with Crippen LogP contribution in [0.3, 0.4) is 0 Å². The van der Waals surface area contributed by atoms with E-state index in [4.69, 9.17) is 0 Å². The quantitative estimate of drug-likeness (QED) is 0.756. The van der Waals surface area contributed by atoms with Gasteiger partial charge in [-0.1, -0.05) is 29.8 Å². The van der Waals surface area contributed by atoms with Gasteiger partial charge in [0.1, 0.15) is 12.1 Å². The molecule has 0 aliphatic carbocycles. The summed E-state index contributed by atoms with van der Waals surface area (Å²) in [6.45, 7) is 6.59. The minimum Gasteiger partial charge on any atom is -0.355 e. The summed E-state index contributed by atoms with van der Waals surface area (Å²) in [7, 11) is 1.91. The molecule has 3 heterocycles. The normalized spacial score (nSPS) is 22.9. The number of halogens is 1. The molecule has 0 bridgehead atoms. The van der Waals surface area contributed by atoms with Gasteiger partial charge in [-0.25, -0.2) is 9.97 Å². The number of piperidine rings is 1. The van der Waals surface area contributed by atoms with Crippen LogP contribution < -0.4 is 4.90 Å². The van der Waals surface area contributed by atoms with Gasteiger partial charge in [-0.2, -0.15) is 5.10 Å². The van der Waals surface area contributed by atoms with E-state index in [2.05, 4.69) is 49.7 Å². The number of hydrogen-bond donors (Lipinski definition) is 0.